The minimum absolute atomic E-state index is 0.285. The lowest BCUT2D eigenvalue weighted by molar-refractivity contribution is 0.526. The van der Waals surface area contributed by atoms with E-state index in [2.05, 4.69) is 9.59 Å². The topological polar surface area (TPSA) is 64.9 Å². The molecule has 4 nitrogen and oxygen atoms in total. The van der Waals surface area contributed by atoms with Gasteiger partial charge in [0.2, 0.25) is 0 Å². The lowest BCUT2D eigenvalue weighted by atomic mass is 10.1. The molecule has 92 valence electrons. The molecule has 2 heterocycles. The standard InChI is InChI=1S/C13H13N3OS/c1-2-9-13(18-16-15-9)12(14)11-7-8-5-3-4-6-10(8)17-11/h3-7,12H,2,14H2,1H3. The average Bonchev–Trinajstić information content (AvgIpc) is 3.03. The van der Waals surface area contributed by atoms with Gasteiger partial charge in [0, 0.05) is 5.39 Å². The first-order valence-electron chi connectivity index (χ1n) is 5.84. The van der Waals surface area contributed by atoms with Crippen LogP contribution >= 0.6 is 11.5 Å². The summed E-state index contributed by atoms with van der Waals surface area (Å²) in [6, 6.07) is 9.59. The second-order valence-electron chi connectivity index (χ2n) is 4.10. The fraction of sp³-hybridized carbons (Fsp3) is 0.231. The minimum atomic E-state index is -0.285. The Labute approximate surface area is 109 Å². The van der Waals surface area contributed by atoms with Crippen LogP contribution in [0.1, 0.15) is 29.3 Å². The Morgan fingerprint density at radius 1 is 1.39 bits per heavy atom. The third-order valence-electron chi connectivity index (χ3n) is 2.95. The van der Waals surface area contributed by atoms with Crippen LogP contribution in [0.4, 0.5) is 0 Å². The third kappa shape index (κ3) is 1.81. The molecule has 0 aliphatic carbocycles. The minimum Gasteiger partial charge on any atom is -0.459 e. The van der Waals surface area contributed by atoms with E-state index in [0.29, 0.717) is 0 Å². The van der Waals surface area contributed by atoms with Crippen molar-refractivity contribution in [3.8, 4) is 0 Å². The molecule has 0 amide bonds. The zero-order valence-corrected chi connectivity index (χ0v) is 10.8. The van der Waals surface area contributed by atoms with Gasteiger partial charge in [0.05, 0.1) is 10.6 Å². The van der Waals surface area contributed by atoms with Gasteiger partial charge < -0.3 is 10.2 Å². The second kappa shape index (κ2) is 4.51. The van der Waals surface area contributed by atoms with E-state index in [1.807, 2.05) is 37.3 Å². The molecule has 0 saturated carbocycles. The molecule has 1 aromatic carbocycles. The number of aromatic nitrogens is 2. The molecule has 18 heavy (non-hydrogen) atoms. The third-order valence-corrected chi connectivity index (χ3v) is 3.80. The predicted octanol–water partition coefficient (Wildman–Crippen LogP) is 2.89. The number of para-hydroxylation sites is 1. The molecule has 2 aromatic heterocycles. The number of nitrogens with two attached hydrogens (primary N) is 1. The van der Waals surface area contributed by atoms with Crippen LogP contribution in [0.15, 0.2) is 34.7 Å². The van der Waals surface area contributed by atoms with Gasteiger partial charge in [-0.25, -0.2) is 0 Å². The van der Waals surface area contributed by atoms with Crippen molar-refractivity contribution in [2.75, 3.05) is 0 Å². The van der Waals surface area contributed by atoms with Crippen molar-refractivity contribution in [1.82, 2.24) is 9.59 Å². The SMILES string of the molecule is CCc1nnsc1C(N)c1cc2ccccc2o1. The lowest BCUT2D eigenvalue weighted by Gasteiger charge is -2.06. The summed E-state index contributed by atoms with van der Waals surface area (Å²) in [7, 11) is 0. The number of nitrogens with zero attached hydrogens (tertiary/aromatic N) is 2. The Morgan fingerprint density at radius 2 is 2.22 bits per heavy atom. The molecular formula is C13H13N3OS. The van der Waals surface area contributed by atoms with Crippen LogP contribution < -0.4 is 5.73 Å². The number of benzene rings is 1. The summed E-state index contributed by atoms with van der Waals surface area (Å²) in [4.78, 5) is 0.983. The highest BCUT2D eigenvalue weighted by molar-refractivity contribution is 7.05. The molecule has 0 spiro atoms. The van der Waals surface area contributed by atoms with Crippen molar-refractivity contribution in [1.29, 1.82) is 0 Å². The van der Waals surface area contributed by atoms with Crippen molar-refractivity contribution >= 4 is 22.5 Å². The van der Waals surface area contributed by atoms with E-state index in [1.165, 1.54) is 11.5 Å². The predicted molar refractivity (Wildman–Crippen MR) is 71.5 cm³/mol. The smallest absolute Gasteiger partial charge is 0.134 e. The molecule has 0 aliphatic rings. The zero-order chi connectivity index (χ0) is 12.5. The molecule has 3 rings (SSSR count). The molecule has 1 unspecified atom stereocenters. The molecular weight excluding hydrogens is 246 g/mol. The van der Waals surface area contributed by atoms with Gasteiger partial charge in [-0.2, -0.15) is 0 Å². The number of aryl methyl sites for hydroxylation is 1. The number of hydrogen-bond donors (Lipinski definition) is 1. The van der Waals surface area contributed by atoms with Crippen molar-refractivity contribution in [2.45, 2.75) is 19.4 Å². The highest BCUT2D eigenvalue weighted by Crippen LogP contribution is 2.29. The molecule has 3 aromatic rings. The maximum Gasteiger partial charge on any atom is 0.134 e. The Balaban J connectivity index is 2.03. The maximum absolute atomic E-state index is 6.24. The highest BCUT2D eigenvalue weighted by atomic mass is 32.1. The fourth-order valence-corrected chi connectivity index (χ4v) is 2.73. The van der Waals surface area contributed by atoms with E-state index >= 15 is 0 Å². The second-order valence-corrected chi connectivity index (χ2v) is 4.89. The van der Waals surface area contributed by atoms with Gasteiger partial charge in [-0.15, -0.1) is 5.10 Å². The van der Waals surface area contributed by atoms with Crippen LogP contribution in [-0.2, 0) is 6.42 Å². The number of rotatable bonds is 3. The first-order chi connectivity index (χ1) is 8.79. The highest BCUT2D eigenvalue weighted by Gasteiger charge is 2.19. The van der Waals surface area contributed by atoms with Gasteiger partial charge in [-0.05, 0) is 30.1 Å². The largest absolute Gasteiger partial charge is 0.459 e. The van der Waals surface area contributed by atoms with E-state index in [9.17, 15) is 0 Å². The molecule has 0 bridgehead atoms. The number of hydrogen-bond acceptors (Lipinski definition) is 5. The first kappa shape index (κ1) is 11.4. The molecule has 0 saturated heterocycles. The zero-order valence-electron chi connectivity index (χ0n) is 9.96. The van der Waals surface area contributed by atoms with Gasteiger partial charge in [0.15, 0.2) is 0 Å². The monoisotopic (exact) mass is 259 g/mol. The molecule has 0 aliphatic heterocycles. The molecule has 2 N–H and O–H groups in total. The summed E-state index contributed by atoms with van der Waals surface area (Å²) in [6.45, 7) is 2.05. The Kier molecular flexibility index (Phi) is 2.85. The molecule has 5 heteroatoms. The van der Waals surface area contributed by atoms with E-state index in [0.717, 1.165) is 33.7 Å². The summed E-state index contributed by atoms with van der Waals surface area (Å²) in [6.07, 6.45) is 0.833. The summed E-state index contributed by atoms with van der Waals surface area (Å²) >= 11 is 1.34. The normalized spacial score (nSPS) is 13.0. The van der Waals surface area contributed by atoms with Crippen molar-refractivity contribution in [3.05, 3.63) is 46.7 Å². The first-order valence-corrected chi connectivity index (χ1v) is 6.62. The molecule has 0 fully saturated rings. The lowest BCUT2D eigenvalue weighted by Crippen LogP contribution is -2.11. The van der Waals surface area contributed by atoms with Crippen LogP contribution in [0.3, 0.4) is 0 Å². The number of furan rings is 1. The number of fused-ring (bicyclic) bond motifs is 1. The quantitative estimate of drug-likeness (QED) is 0.785. The van der Waals surface area contributed by atoms with Gasteiger partial charge in [-0.3, -0.25) is 0 Å². The van der Waals surface area contributed by atoms with E-state index in [-0.39, 0.29) is 6.04 Å². The molecule has 1 atom stereocenters. The van der Waals surface area contributed by atoms with Gasteiger partial charge >= 0.3 is 0 Å². The fourth-order valence-electron chi connectivity index (χ4n) is 1.98. The van der Waals surface area contributed by atoms with Crippen LogP contribution in [-0.4, -0.2) is 9.59 Å². The molecule has 0 radical (unpaired) electrons. The van der Waals surface area contributed by atoms with E-state index < -0.39 is 0 Å². The van der Waals surface area contributed by atoms with Gasteiger partial charge in [0.1, 0.15) is 17.4 Å². The van der Waals surface area contributed by atoms with Crippen LogP contribution in [0, 0.1) is 0 Å². The Hall–Kier alpha value is -1.72. The van der Waals surface area contributed by atoms with E-state index in [1.54, 1.807) is 0 Å². The van der Waals surface area contributed by atoms with Gasteiger partial charge in [-0.1, -0.05) is 29.6 Å². The Bertz CT molecular complexity index is 640. The van der Waals surface area contributed by atoms with Gasteiger partial charge in [0.25, 0.3) is 0 Å². The summed E-state index contributed by atoms with van der Waals surface area (Å²) in [5, 5.41) is 5.15. The van der Waals surface area contributed by atoms with Crippen LogP contribution in [0.5, 0.6) is 0 Å². The Morgan fingerprint density at radius 3 is 3.00 bits per heavy atom. The summed E-state index contributed by atoms with van der Waals surface area (Å²) in [5.74, 6) is 0.761. The van der Waals surface area contributed by atoms with Crippen molar-refractivity contribution in [3.63, 3.8) is 0 Å². The summed E-state index contributed by atoms with van der Waals surface area (Å²) < 4.78 is 9.74. The van der Waals surface area contributed by atoms with Crippen molar-refractivity contribution < 1.29 is 4.42 Å². The van der Waals surface area contributed by atoms with Crippen LogP contribution in [0.25, 0.3) is 11.0 Å². The van der Waals surface area contributed by atoms with Crippen LogP contribution in [0.2, 0.25) is 0 Å². The average molecular weight is 259 g/mol. The maximum atomic E-state index is 6.24. The van der Waals surface area contributed by atoms with Crippen molar-refractivity contribution in [2.24, 2.45) is 5.73 Å². The summed E-state index contributed by atoms with van der Waals surface area (Å²) in [5.41, 5.74) is 8.05. The van der Waals surface area contributed by atoms with E-state index in [4.69, 9.17) is 10.2 Å².